The Hall–Kier alpha value is -3.32. The molecule has 7 heteroatoms. The molecule has 0 aliphatic carbocycles. The lowest BCUT2D eigenvalue weighted by molar-refractivity contribution is 0.102. The maximum atomic E-state index is 12.8. The zero-order valence-corrected chi connectivity index (χ0v) is 18.4. The summed E-state index contributed by atoms with van der Waals surface area (Å²) in [6.07, 6.45) is 2.08. The first kappa shape index (κ1) is 20.9. The highest BCUT2D eigenvalue weighted by Gasteiger charge is 2.21. The lowest BCUT2D eigenvalue weighted by atomic mass is 9.99. The Morgan fingerprint density at radius 2 is 1.65 bits per heavy atom. The number of carbonyl (C=O) groups excluding carboxylic acids is 1. The van der Waals surface area contributed by atoms with E-state index in [1.807, 2.05) is 24.3 Å². The van der Waals surface area contributed by atoms with E-state index in [4.69, 9.17) is 0 Å². The van der Waals surface area contributed by atoms with Crippen LogP contribution in [0.1, 0.15) is 21.5 Å². The van der Waals surface area contributed by atoms with Gasteiger partial charge in [-0.15, -0.1) is 0 Å². The number of hydrogen-bond acceptors (Lipinski definition) is 4. The van der Waals surface area contributed by atoms with Crippen LogP contribution in [0.5, 0.6) is 0 Å². The van der Waals surface area contributed by atoms with Gasteiger partial charge in [0.2, 0.25) is 10.0 Å². The van der Waals surface area contributed by atoms with Crippen molar-refractivity contribution in [2.24, 2.45) is 0 Å². The van der Waals surface area contributed by atoms with Crippen LogP contribution in [0.4, 0.5) is 17.1 Å². The van der Waals surface area contributed by atoms with E-state index < -0.39 is 10.0 Å². The molecule has 0 radical (unpaired) electrons. The van der Waals surface area contributed by atoms with Crippen LogP contribution in [0, 0.1) is 0 Å². The number of benzene rings is 3. The molecular formula is C24H25N3O3S. The van der Waals surface area contributed by atoms with Crippen molar-refractivity contribution in [1.82, 2.24) is 0 Å². The molecule has 0 aromatic heterocycles. The van der Waals surface area contributed by atoms with Gasteiger partial charge in [0, 0.05) is 31.4 Å². The van der Waals surface area contributed by atoms with E-state index in [0.29, 0.717) is 16.9 Å². The fraction of sp³-hybridized carbons (Fsp3) is 0.208. The van der Waals surface area contributed by atoms with Crippen molar-refractivity contribution in [2.75, 3.05) is 34.4 Å². The Labute approximate surface area is 183 Å². The van der Waals surface area contributed by atoms with E-state index in [9.17, 15) is 13.2 Å². The molecule has 0 unspecified atom stereocenters. The minimum absolute atomic E-state index is 0.287. The Balaban J connectivity index is 1.69. The van der Waals surface area contributed by atoms with Gasteiger partial charge in [-0.3, -0.25) is 9.10 Å². The maximum absolute atomic E-state index is 12.8. The van der Waals surface area contributed by atoms with Crippen LogP contribution in [-0.4, -0.2) is 34.2 Å². The Morgan fingerprint density at radius 3 is 2.35 bits per heavy atom. The second kappa shape index (κ2) is 8.43. The summed E-state index contributed by atoms with van der Waals surface area (Å²) >= 11 is 0. The molecule has 31 heavy (non-hydrogen) atoms. The van der Waals surface area contributed by atoms with Crippen LogP contribution < -0.4 is 14.5 Å². The van der Waals surface area contributed by atoms with Gasteiger partial charge in [0.25, 0.3) is 5.91 Å². The molecule has 0 atom stereocenters. The van der Waals surface area contributed by atoms with Crippen LogP contribution in [0.2, 0.25) is 0 Å². The van der Waals surface area contributed by atoms with Crippen LogP contribution in [0.25, 0.3) is 0 Å². The molecule has 1 amide bonds. The topological polar surface area (TPSA) is 69.7 Å². The van der Waals surface area contributed by atoms with Gasteiger partial charge in [0.1, 0.15) is 0 Å². The molecule has 4 rings (SSSR count). The lowest BCUT2D eigenvalue weighted by Gasteiger charge is -2.32. The molecule has 0 saturated carbocycles. The number of rotatable bonds is 5. The van der Waals surface area contributed by atoms with Gasteiger partial charge in [-0.05, 0) is 47.9 Å². The number of carbonyl (C=O) groups is 1. The summed E-state index contributed by atoms with van der Waals surface area (Å²) < 4.78 is 25.5. The van der Waals surface area contributed by atoms with E-state index >= 15 is 0 Å². The fourth-order valence-corrected chi connectivity index (χ4v) is 4.29. The maximum Gasteiger partial charge on any atom is 0.255 e. The van der Waals surface area contributed by atoms with Crippen molar-refractivity contribution in [3.05, 3.63) is 89.5 Å². The van der Waals surface area contributed by atoms with Crippen LogP contribution in [0.3, 0.4) is 0 Å². The number of nitrogens with zero attached hydrogens (tertiary/aromatic N) is 2. The van der Waals surface area contributed by atoms with Crippen LogP contribution >= 0.6 is 0 Å². The van der Waals surface area contributed by atoms with Crippen molar-refractivity contribution >= 4 is 33.0 Å². The third-order valence-corrected chi connectivity index (χ3v) is 6.79. The standard InChI is InChI=1S/C24H25N3O3S/c1-26(31(2,29)30)23-13-12-21(27-15-14-18-8-6-7-11-20(18)17-27)16-22(23)25-24(28)19-9-4-3-5-10-19/h3-13,16H,14-15,17H2,1-2H3,(H,25,28). The largest absolute Gasteiger partial charge is 0.367 e. The highest BCUT2D eigenvalue weighted by atomic mass is 32.2. The summed E-state index contributed by atoms with van der Waals surface area (Å²) in [5.74, 6) is -0.287. The first-order chi connectivity index (χ1) is 14.8. The first-order valence-electron chi connectivity index (χ1n) is 10.1. The zero-order valence-electron chi connectivity index (χ0n) is 17.6. The molecule has 1 aliphatic heterocycles. The third-order valence-electron chi connectivity index (χ3n) is 5.60. The van der Waals surface area contributed by atoms with Crippen LogP contribution in [-0.2, 0) is 23.0 Å². The Bertz CT molecular complexity index is 1210. The molecule has 6 nitrogen and oxygen atoms in total. The number of nitrogens with one attached hydrogen (secondary N) is 1. The number of amides is 1. The summed E-state index contributed by atoms with van der Waals surface area (Å²) in [6.45, 7) is 1.62. The number of anilines is 3. The fourth-order valence-electron chi connectivity index (χ4n) is 3.77. The molecule has 0 spiro atoms. The molecule has 1 heterocycles. The number of hydrogen-bond donors (Lipinski definition) is 1. The van der Waals surface area contributed by atoms with E-state index in [0.717, 1.165) is 31.5 Å². The van der Waals surface area contributed by atoms with Crippen molar-refractivity contribution in [3.8, 4) is 0 Å². The normalized spacial score (nSPS) is 13.4. The molecule has 3 aromatic rings. The molecule has 1 N–H and O–H groups in total. The van der Waals surface area contributed by atoms with Gasteiger partial charge in [-0.1, -0.05) is 42.5 Å². The van der Waals surface area contributed by atoms with E-state index in [1.54, 1.807) is 30.3 Å². The van der Waals surface area contributed by atoms with Gasteiger partial charge in [0.05, 0.1) is 17.6 Å². The van der Waals surface area contributed by atoms with E-state index in [1.165, 1.54) is 22.5 Å². The number of sulfonamides is 1. The summed E-state index contributed by atoms with van der Waals surface area (Å²) in [5.41, 5.74) is 4.95. The molecule has 0 fully saturated rings. The molecule has 160 valence electrons. The van der Waals surface area contributed by atoms with Gasteiger partial charge in [0.15, 0.2) is 0 Å². The van der Waals surface area contributed by atoms with Crippen molar-refractivity contribution < 1.29 is 13.2 Å². The third kappa shape index (κ3) is 4.56. The minimum Gasteiger partial charge on any atom is -0.367 e. The molecular weight excluding hydrogens is 410 g/mol. The predicted molar refractivity (Wildman–Crippen MR) is 125 cm³/mol. The highest BCUT2D eigenvalue weighted by molar-refractivity contribution is 7.92. The smallest absolute Gasteiger partial charge is 0.255 e. The molecule has 3 aromatic carbocycles. The van der Waals surface area contributed by atoms with Gasteiger partial charge < -0.3 is 10.2 Å². The SMILES string of the molecule is CN(c1ccc(N2CCc3ccccc3C2)cc1NC(=O)c1ccccc1)S(C)(=O)=O. The monoisotopic (exact) mass is 435 g/mol. The van der Waals surface area contributed by atoms with Crippen molar-refractivity contribution in [2.45, 2.75) is 13.0 Å². The average Bonchev–Trinajstić information content (AvgIpc) is 2.78. The highest BCUT2D eigenvalue weighted by Crippen LogP contribution is 2.34. The Morgan fingerprint density at radius 1 is 0.968 bits per heavy atom. The van der Waals surface area contributed by atoms with E-state index in [-0.39, 0.29) is 5.91 Å². The van der Waals surface area contributed by atoms with E-state index in [2.05, 4.69) is 28.4 Å². The van der Waals surface area contributed by atoms with Crippen molar-refractivity contribution in [1.29, 1.82) is 0 Å². The second-order valence-corrected chi connectivity index (χ2v) is 9.71. The molecule has 0 bridgehead atoms. The lowest BCUT2D eigenvalue weighted by Crippen LogP contribution is -2.31. The first-order valence-corrected chi connectivity index (χ1v) is 11.9. The van der Waals surface area contributed by atoms with Gasteiger partial charge >= 0.3 is 0 Å². The average molecular weight is 436 g/mol. The second-order valence-electron chi connectivity index (χ2n) is 7.69. The molecule has 1 aliphatic rings. The quantitative estimate of drug-likeness (QED) is 0.660. The number of fused-ring (bicyclic) bond motifs is 1. The zero-order chi connectivity index (χ0) is 22.0. The Kier molecular flexibility index (Phi) is 5.69. The molecule has 0 saturated heterocycles. The minimum atomic E-state index is -3.49. The summed E-state index contributed by atoms with van der Waals surface area (Å²) in [6, 6.07) is 22.8. The van der Waals surface area contributed by atoms with Gasteiger partial charge in [-0.2, -0.15) is 0 Å². The summed E-state index contributed by atoms with van der Waals surface area (Å²) in [5, 5.41) is 2.91. The summed E-state index contributed by atoms with van der Waals surface area (Å²) in [4.78, 5) is 15.0. The van der Waals surface area contributed by atoms with Crippen molar-refractivity contribution in [3.63, 3.8) is 0 Å². The summed E-state index contributed by atoms with van der Waals surface area (Å²) in [7, 11) is -2.00. The van der Waals surface area contributed by atoms with Crippen LogP contribution in [0.15, 0.2) is 72.8 Å². The predicted octanol–water partition coefficient (Wildman–Crippen LogP) is 3.90. The van der Waals surface area contributed by atoms with Gasteiger partial charge in [-0.25, -0.2) is 8.42 Å².